The second-order valence-electron chi connectivity index (χ2n) is 4.73. The first-order chi connectivity index (χ1) is 10.1. The fraction of sp³-hybridized carbons (Fsp3) is 0.467. The Hall–Kier alpha value is -2.24. The van der Waals surface area contributed by atoms with E-state index in [1.54, 1.807) is 0 Å². The third-order valence-electron chi connectivity index (χ3n) is 2.94. The zero-order valence-corrected chi connectivity index (χ0v) is 12.2. The first kappa shape index (κ1) is 16.8. The molecule has 0 saturated heterocycles. The van der Waals surface area contributed by atoms with Crippen LogP contribution in [0.2, 0.25) is 0 Å². The molecule has 6 heteroatoms. The van der Waals surface area contributed by atoms with Crippen LogP contribution in [-0.4, -0.2) is 29.9 Å². The fourth-order valence-corrected chi connectivity index (χ4v) is 1.83. The standard InChI is InChI=1S/C15H22N2O4/c1-2-3-9-13(17-14(18)19)10-16-15(20)21-11-12-7-5-4-6-8-12/h4-8,13,17H,2-3,9-11H2,1H3,(H,16,20)(H,18,19)/t13-/m1/s1. The lowest BCUT2D eigenvalue weighted by atomic mass is 10.1. The number of amides is 2. The molecule has 0 radical (unpaired) electrons. The van der Waals surface area contributed by atoms with Crippen molar-refractivity contribution in [2.45, 2.75) is 38.8 Å². The van der Waals surface area contributed by atoms with E-state index in [0.29, 0.717) is 6.42 Å². The van der Waals surface area contributed by atoms with Crippen LogP contribution >= 0.6 is 0 Å². The van der Waals surface area contributed by atoms with Gasteiger partial charge in [-0.05, 0) is 12.0 Å². The van der Waals surface area contributed by atoms with Crippen LogP contribution in [0.1, 0.15) is 31.7 Å². The minimum atomic E-state index is -1.09. The molecule has 1 atom stereocenters. The summed E-state index contributed by atoms with van der Waals surface area (Å²) in [4.78, 5) is 22.2. The summed E-state index contributed by atoms with van der Waals surface area (Å²) in [7, 11) is 0. The lowest BCUT2D eigenvalue weighted by molar-refractivity contribution is 0.137. The smallest absolute Gasteiger partial charge is 0.407 e. The second-order valence-corrected chi connectivity index (χ2v) is 4.73. The number of ether oxygens (including phenoxy) is 1. The number of benzene rings is 1. The Morgan fingerprint density at radius 1 is 1.29 bits per heavy atom. The van der Waals surface area contributed by atoms with Gasteiger partial charge in [-0.3, -0.25) is 0 Å². The molecule has 0 aromatic heterocycles. The summed E-state index contributed by atoms with van der Waals surface area (Å²) < 4.78 is 5.06. The minimum Gasteiger partial charge on any atom is -0.465 e. The molecule has 2 amide bonds. The first-order valence-electron chi connectivity index (χ1n) is 7.05. The van der Waals surface area contributed by atoms with E-state index in [-0.39, 0.29) is 19.2 Å². The van der Waals surface area contributed by atoms with Gasteiger partial charge in [0, 0.05) is 12.6 Å². The molecule has 21 heavy (non-hydrogen) atoms. The Labute approximate surface area is 124 Å². The van der Waals surface area contributed by atoms with E-state index in [1.165, 1.54) is 0 Å². The van der Waals surface area contributed by atoms with Gasteiger partial charge in [0.1, 0.15) is 6.61 Å². The SMILES string of the molecule is CCCC[C@H](CNC(=O)OCc1ccccc1)NC(=O)O. The molecule has 0 spiro atoms. The molecule has 0 saturated carbocycles. The molecule has 0 unspecified atom stereocenters. The Balaban J connectivity index is 2.29. The highest BCUT2D eigenvalue weighted by atomic mass is 16.5. The molecule has 6 nitrogen and oxygen atoms in total. The van der Waals surface area contributed by atoms with Crippen LogP contribution in [0.25, 0.3) is 0 Å². The maximum atomic E-state index is 11.6. The van der Waals surface area contributed by atoms with Gasteiger partial charge in [-0.2, -0.15) is 0 Å². The van der Waals surface area contributed by atoms with E-state index < -0.39 is 12.2 Å². The van der Waals surface area contributed by atoms with Gasteiger partial charge in [0.05, 0.1) is 0 Å². The lowest BCUT2D eigenvalue weighted by Crippen LogP contribution is -2.43. The van der Waals surface area contributed by atoms with Gasteiger partial charge >= 0.3 is 12.2 Å². The summed E-state index contributed by atoms with van der Waals surface area (Å²) in [5.74, 6) is 0. The van der Waals surface area contributed by atoms with Crippen LogP contribution in [0.15, 0.2) is 30.3 Å². The van der Waals surface area contributed by atoms with Crippen LogP contribution in [0, 0.1) is 0 Å². The van der Waals surface area contributed by atoms with E-state index in [2.05, 4.69) is 10.6 Å². The number of alkyl carbamates (subject to hydrolysis) is 1. The van der Waals surface area contributed by atoms with Crippen molar-refractivity contribution in [3.63, 3.8) is 0 Å². The number of hydrogen-bond acceptors (Lipinski definition) is 3. The van der Waals surface area contributed by atoms with Crippen LogP contribution in [0.3, 0.4) is 0 Å². The minimum absolute atomic E-state index is 0.193. The maximum absolute atomic E-state index is 11.6. The monoisotopic (exact) mass is 294 g/mol. The third-order valence-corrected chi connectivity index (χ3v) is 2.94. The number of carboxylic acid groups (broad SMARTS) is 1. The quantitative estimate of drug-likeness (QED) is 0.688. The average Bonchev–Trinajstić information content (AvgIpc) is 2.48. The van der Waals surface area contributed by atoms with Crippen molar-refractivity contribution in [3.05, 3.63) is 35.9 Å². The number of nitrogens with one attached hydrogen (secondary N) is 2. The predicted molar refractivity (Wildman–Crippen MR) is 79.1 cm³/mol. The Morgan fingerprint density at radius 2 is 2.00 bits per heavy atom. The van der Waals surface area contributed by atoms with E-state index in [9.17, 15) is 9.59 Å². The number of unbranched alkanes of at least 4 members (excludes halogenated alkanes) is 1. The lowest BCUT2D eigenvalue weighted by Gasteiger charge is -2.17. The van der Waals surface area contributed by atoms with Crippen LogP contribution in [-0.2, 0) is 11.3 Å². The normalized spacial score (nSPS) is 11.5. The van der Waals surface area contributed by atoms with Gasteiger partial charge in [-0.25, -0.2) is 9.59 Å². The van der Waals surface area contributed by atoms with Crippen LogP contribution in [0.4, 0.5) is 9.59 Å². The molecule has 1 aromatic rings. The summed E-state index contributed by atoms with van der Waals surface area (Å²) in [5, 5.41) is 13.7. The number of carbonyl (C=O) groups excluding carboxylic acids is 1. The van der Waals surface area contributed by atoms with Crippen LogP contribution < -0.4 is 10.6 Å². The average molecular weight is 294 g/mol. The highest BCUT2D eigenvalue weighted by Crippen LogP contribution is 2.02. The molecule has 0 aliphatic carbocycles. The molecule has 0 fully saturated rings. The van der Waals surface area contributed by atoms with Crippen molar-refractivity contribution in [3.8, 4) is 0 Å². The molecule has 116 valence electrons. The molecule has 0 bridgehead atoms. The van der Waals surface area contributed by atoms with Gasteiger partial charge in [-0.15, -0.1) is 0 Å². The number of carbonyl (C=O) groups is 2. The van der Waals surface area contributed by atoms with Crippen molar-refractivity contribution in [2.75, 3.05) is 6.54 Å². The van der Waals surface area contributed by atoms with Crippen molar-refractivity contribution >= 4 is 12.2 Å². The number of rotatable bonds is 8. The molecular formula is C15H22N2O4. The largest absolute Gasteiger partial charge is 0.465 e. The first-order valence-corrected chi connectivity index (χ1v) is 7.05. The Kier molecular flexibility index (Phi) is 7.71. The van der Waals surface area contributed by atoms with Gasteiger partial charge in [0.15, 0.2) is 0 Å². The molecule has 0 aliphatic rings. The zero-order chi connectivity index (χ0) is 15.5. The maximum Gasteiger partial charge on any atom is 0.407 e. The van der Waals surface area contributed by atoms with E-state index in [1.807, 2.05) is 37.3 Å². The van der Waals surface area contributed by atoms with Crippen molar-refractivity contribution < 1.29 is 19.4 Å². The summed E-state index contributed by atoms with van der Waals surface area (Å²) in [5.41, 5.74) is 0.902. The van der Waals surface area contributed by atoms with E-state index in [0.717, 1.165) is 18.4 Å². The van der Waals surface area contributed by atoms with Crippen molar-refractivity contribution in [1.29, 1.82) is 0 Å². The van der Waals surface area contributed by atoms with Crippen LogP contribution in [0.5, 0.6) is 0 Å². The summed E-state index contributed by atoms with van der Waals surface area (Å²) in [6.45, 7) is 2.44. The summed E-state index contributed by atoms with van der Waals surface area (Å²) in [6.07, 6.45) is 0.909. The van der Waals surface area contributed by atoms with Crippen molar-refractivity contribution in [2.24, 2.45) is 0 Å². The Bertz CT molecular complexity index is 437. The molecule has 0 heterocycles. The Morgan fingerprint density at radius 3 is 2.62 bits per heavy atom. The summed E-state index contributed by atoms with van der Waals surface area (Å²) >= 11 is 0. The second kappa shape index (κ2) is 9.63. The highest BCUT2D eigenvalue weighted by Gasteiger charge is 2.12. The molecule has 0 aliphatic heterocycles. The topological polar surface area (TPSA) is 87.7 Å². The van der Waals surface area contributed by atoms with Gasteiger partial charge in [-0.1, -0.05) is 50.1 Å². The third kappa shape index (κ3) is 7.81. The van der Waals surface area contributed by atoms with E-state index in [4.69, 9.17) is 9.84 Å². The molecule has 1 aromatic carbocycles. The van der Waals surface area contributed by atoms with Gasteiger partial charge < -0.3 is 20.5 Å². The highest BCUT2D eigenvalue weighted by molar-refractivity contribution is 5.68. The number of hydrogen-bond donors (Lipinski definition) is 3. The zero-order valence-electron chi connectivity index (χ0n) is 12.2. The fourth-order valence-electron chi connectivity index (χ4n) is 1.83. The molecular weight excluding hydrogens is 272 g/mol. The van der Waals surface area contributed by atoms with Crippen molar-refractivity contribution in [1.82, 2.24) is 10.6 Å². The predicted octanol–water partition coefficient (Wildman–Crippen LogP) is 2.74. The molecule has 1 rings (SSSR count). The van der Waals surface area contributed by atoms with Gasteiger partial charge in [0.25, 0.3) is 0 Å². The summed E-state index contributed by atoms with van der Waals surface area (Å²) in [6, 6.07) is 9.06. The molecule has 3 N–H and O–H groups in total. The van der Waals surface area contributed by atoms with Gasteiger partial charge in [0.2, 0.25) is 0 Å². The van der Waals surface area contributed by atoms with E-state index >= 15 is 0 Å².